The van der Waals surface area contributed by atoms with Crippen LogP contribution in [0.4, 0.5) is 0 Å². The van der Waals surface area contributed by atoms with Crippen molar-refractivity contribution >= 4 is 5.91 Å². The SMILES string of the molecule is CC(C1CC1)N(CC(=O)NCc1ccccc1)Cc1ccccc1. The third kappa shape index (κ3) is 4.93. The third-order valence-corrected chi connectivity index (χ3v) is 4.79. The zero-order valence-corrected chi connectivity index (χ0v) is 14.3. The Morgan fingerprint density at radius 3 is 2.21 bits per heavy atom. The van der Waals surface area contributed by atoms with Gasteiger partial charge in [0.1, 0.15) is 0 Å². The summed E-state index contributed by atoms with van der Waals surface area (Å²) in [7, 11) is 0. The summed E-state index contributed by atoms with van der Waals surface area (Å²) in [6.45, 7) is 4.14. The number of hydrogen-bond donors (Lipinski definition) is 1. The molecule has 0 aliphatic heterocycles. The Labute approximate surface area is 144 Å². The molecule has 1 aliphatic rings. The van der Waals surface area contributed by atoms with E-state index in [1.807, 2.05) is 36.4 Å². The molecule has 1 atom stereocenters. The van der Waals surface area contributed by atoms with E-state index in [0.717, 1.165) is 18.0 Å². The molecule has 3 rings (SSSR count). The van der Waals surface area contributed by atoms with Crippen molar-refractivity contribution in [3.8, 4) is 0 Å². The maximum absolute atomic E-state index is 12.4. The number of amides is 1. The Morgan fingerprint density at radius 1 is 1.04 bits per heavy atom. The molecule has 1 amide bonds. The highest BCUT2D eigenvalue weighted by molar-refractivity contribution is 5.78. The fourth-order valence-electron chi connectivity index (χ4n) is 3.08. The highest BCUT2D eigenvalue weighted by atomic mass is 16.2. The molecule has 1 aliphatic carbocycles. The van der Waals surface area contributed by atoms with Crippen molar-refractivity contribution in [3.63, 3.8) is 0 Å². The van der Waals surface area contributed by atoms with Gasteiger partial charge in [0.15, 0.2) is 0 Å². The minimum Gasteiger partial charge on any atom is -0.351 e. The first-order valence-corrected chi connectivity index (χ1v) is 8.81. The molecule has 2 aromatic rings. The second kappa shape index (κ2) is 8.11. The predicted molar refractivity (Wildman–Crippen MR) is 97.3 cm³/mol. The van der Waals surface area contributed by atoms with Gasteiger partial charge in [0.25, 0.3) is 0 Å². The smallest absolute Gasteiger partial charge is 0.234 e. The van der Waals surface area contributed by atoms with Crippen LogP contribution in [0.25, 0.3) is 0 Å². The van der Waals surface area contributed by atoms with Gasteiger partial charge in [-0.2, -0.15) is 0 Å². The van der Waals surface area contributed by atoms with Crippen LogP contribution < -0.4 is 5.32 Å². The molecule has 0 heterocycles. The number of nitrogens with one attached hydrogen (secondary N) is 1. The normalized spacial score (nSPS) is 15.2. The van der Waals surface area contributed by atoms with Crippen LogP contribution in [0.2, 0.25) is 0 Å². The van der Waals surface area contributed by atoms with Crippen molar-refractivity contribution in [2.45, 2.75) is 38.9 Å². The first kappa shape index (κ1) is 16.7. The predicted octanol–water partition coefficient (Wildman–Crippen LogP) is 3.60. The molecule has 126 valence electrons. The van der Waals surface area contributed by atoms with Crippen LogP contribution in [0.3, 0.4) is 0 Å². The van der Waals surface area contributed by atoms with Crippen molar-refractivity contribution in [2.24, 2.45) is 5.92 Å². The Kier molecular flexibility index (Phi) is 5.65. The molecule has 0 saturated heterocycles. The first-order valence-electron chi connectivity index (χ1n) is 8.81. The zero-order chi connectivity index (χ0) is 16.8. The van der Waals surface area contributed by atoms with Crippen LogP contribution in [0, 0.1) is 5.92 Å². The fraction of sp³-hybridized carbons (Fsp3) is 0.381. The second-order valence-corrected chi connectivity index (χ2v) is 6.73. The number of hydrogen-bond acceptors (Lipinski definition) is 2. The summed E-state index contributed by atoms with van der Waals surface area (Å²) >= 11 is 0. The summed E-state index contributed by atoms with van der Waals surface area (Å²) in [6.07, 6.45) is 2.58. The van der Waals surface area contributed by atoms with Crippen LogP contribution in [0.15, 0.2) is 60.7 Å². The Balaban J connectivity index is 1.57. The van der Waals surface area contributed by atoms with E-state index in [-0.39, 0.29) is 5.91 Å². The van der Waals surface area contributed by atoms with E-state index < -0.39 is 0 Å². The Morgan fingerprint density at radius 2 is 1.62 bits per heavy atom. The molecule has 0 spiro atoms. The van der Waals surface area contributed by atoms with E-state index in [0.29, 0.717) is 19.1 Å². The van der Waals surface area contributed by atoms with E-state index >= 15 is 0 Å². The first-order chi connectivity index (χ1) is 11.7. The summed E-state index contributed by atoms with van der Waals surface area (Å²) in [5, 5.41) is 3.05. The minimum absolute atomic E-state index is 0.0993. The van der Waals surface area contributed by atoms with Gasteiger partial charge in [0, 0.05) is 19.1 Å². The Bertz CT molecular complexity index is 637. The van der Waals surface area contributed by atoms with Gasteiger partial charge in [-0.15, -0.1) is 0 Å². The molecule has 2 aromatic carbocycles. The maximum atomic E-state index is 12.4. The molecule has 1 fully saturated rings. The number of carbonyl (C=O) groups excluding carboxylic acids is 1. The molecule has 1 saturated carbocycles. The van der Waals surface area contributed by atoms with Crippen LogP contribution in [-0.2, 0) is 17.9 Å². The van der Waals surface area contributed by atoms with Crippen molar-refractivity contribution in [3.05, 3.63) is 71.8 Å². The molecule has 0 aromatic heterocycles. The minimum atomic E-state index is 0.0993. The molecular weight excluding hydrogens is 296 g/mol. The molecule has 24 heavy (non-hydrogen) atoms. The zero-order valence-electron chi connectivity index (χ0n) is 14.3. The largest absolute Gasteiger partial charge is 0.351 e. The number of benzene rings is 2. The topological polar surface area (TPSA) is 32.3 Å². The van der Waals surface area contributed by atoms with Crippen LogP contribution >= 0.6 is 0 Å². The van der Waals surface area contributed by atoms with Gasteiger partial charge < -0.3 is 5.32 Å². The van der Waals surface area contributed by atoms with Crippen LogP contribution in [0.5, 0.6) is 0 Å². The number of nitrogens with zero attached hydrogens (tertiary/aromatic N) is 1. The summed E-state index contributed by atoms with van der Waals surface area (Å²) in [5.41, 5.74) is 2.40. The number of rotatable bonds is 8. The average Bonchev–Trinajstić information content (AvgIpc) is 3.46. The van der Waals surface area contributed by atoms with Gasteiger partial charge in [0.2, 0.25) is 5.91 Å². The molecular formula is C21H26N2O. The molecule has 1 unspecified atom stereocenters. The van der Waals surface area contributed by atoms with Gasteiger partial charge >= 0.3 is 0 Å². The van der Waals surface area contributed by atoms with E-state index in [1.54, 1.807) is 0 Å². The lowest BCUT2D eigenvalue weighted by molar-refractivity contribution is -0.123. The quantitative estimate of drug-likeness (QED) is 0.805. The summed E-state index contributed by atoms with van der Waals surface area (Å²) in [5.74, 6) is 0.845. The monoisotopic (exact) mass is 322 g/mol. The lowest BCUT2D eigenvalue weighted by Gasteiger charge is -2.28. The van der Waals surface area contributed by atoms with Crippen molar-refractivity contribution in [1.82, 2.24) is 10.2 Å². The lowest BCUT2D eigenvalue weighted by Crippen LogP contribution is -2.42. The van der Waals surface area contributed by atoms with Gasteiger partial charge in [0.05, 0.1) is 6.54 Å². The van der Waals surface area contributed by atoms with Crippen molar-refractivity contribution in [1.29, 1.82) is 0 Å². The van der Waals surface area contributed by atoms with Crippen molar-refractivity contribution in [2.75, 3.05) is 6.54 Å². The fourth-order valence-corrected chi connectivity index (χ4v) is 3.08. The van der Waals surface area contributed by atoms with Gasteiger partial charge in [-0.05, 0) is 36.8 Å². The lowest BCUT2D eigenvalue weighted by atomic mass is 10.1. The van der Waals surface area contributed by atoms with Crippen LogP contribution in [0.1, 0.15) is 30.9 Å². The van der Waals surface area contributed by atoms with Crippen molar-refractivity contribution < 1.29 is 4.79 Å². The Hall–Kier alpha value is -2.13. The standard InChI is InChI=1S/C21H26N2O/c1-17(20-12-13-20)23(15-19-10-6-3-7-11-19)16-21(24)22-14-18-8-4-2-5-9-18/h2-11,17,20H,12-16H2,1H3,(H,22,24). The van der Waals surface area contributed by atoms with E-state index in [2.05, 4.69) is 41.4 Å². The molecule has 3 heteroatoms. The number of carbonyl (C=O) groups is 1. The molecule has 0 bridgehead atoms. The third-order valence-electron chi connectivity index (χ3n) is 4.79. The average molecular weight is 322 g/mol. The molecule has 3 nitrogen and oxygen atoms in total. The van der Waals surface area contributed by atoms with Gasteiger partial charge in [-0.25, -0.2) is 0 Å². The highest BCUT2D eigenvalue weighted by Crippen LogP contribution is 2.35. The van der Waals surface area contributed by atoms with E-state index in [1.165, 1.54) is 18.4 Å². The summed E-state index contributed by atoms with van der Waals surface area (Å²) < 4.78 is 0. The van der Waals surface area contributed by atoms with E-state index in [4.69, 9.17) is 0 Å². The molecule has 1 N–H and O–H groups in total. The van der Waals surface area contributed by atoms with Gasteiger partial charge in [-0.3, -0.25) is 9.69 Å². The van der Waals surface area contributed by atoms with Crippen LogP contribution in [-0.4, -0.2) is 23.4 Å². The summed E-state index contributed by atoms with van der Waals surface area (Å²) in [4.78, 5) is 14.7. The highest BCUT2D eigenvalue weighted by Gasteiger charge is 2.32. The maximum Gasteiger partial charge on any atom is 0.234 e. The van der Waals surface area contributed by atoms with E-state index in [9.17, 15) is 4.79 Å². The second-order valence-electron chi connectivity index (χ2n) is 6.73. The van der Waals surface area contributed by atoms with Gasteiger partial charge in [-0.1, -0.05) is 60.7 Å². The molecule has 0 radical (unpaired) electrons. The summed E-state index contributed by atoms with van der Waals surface area (Å²) in [6, 6.07) is 20.9.